The molecular weight excluding hydrogens is 427 g/mol. The van der Waals surface area contributed by atoms with Crippen LogP contribution in [0.1, 0.15) is 52.9 Å². The van der Waals surface area contributed by atoms with Gasteiger partial charge >= 0.3 is 12.1 Å². The van der Waals surface area contributed by atoms with Crippen LogP contribution in [-0.4, -0.2) is 21.8 Å². The van der Waals surface area contributed by atoms with Crippen LogP contribution in [0, 0.1) is 0 Å². The molecule has 162 valence electrons. The SMILES string of the molecule is CCc1ccc(-c2cc3c(n2-c2cccc(C(=O)O)c2)CCCC3C(F)(F)F)cc1Cl. The van der Waals surface area contributed by atoms with E-state index in [-0.39, 0.29) is 17.5 Å². The van der Waals surface area contributed by atoms with E-state index in [1.165, 1.54) is 12.1 Å². The number of rotatable bonds is 4. The summed E-state index contributed by atoms with van der Waals surface area (Å²) in [5.74, 6) is -2.63. The molecule has 7 heteroatoms. The molecule has 3 nitrogen and oxygen atoms in total. The smallest absolute Gasteiger partial charge is 0.395 e. The molecule has 0 amide bonds. The van der Waals surface area contributed by atoms with Crippen LogP contribution in [0.25, 0.3) is 16.9 Å². The Balaban J connectivity index is 1.98. The minimum atomic E-state index is -4.34. The second-order valence-corrected chi connectivity index (χ2v) is 8.18. The van der Waals surface area contributed by atoms with Crippen molar-refractivity contribution in [2.75, 3.05) is 0 Å². The van der Waals surface area contributed by atoms with Crippen LogP contribution in [-0.2, 0) is 12.8 Å². The molecule has 1 atom stereocenters. The Labute approximate surface area is 183 Å². The van der Waals surface area contributed by atoms with Crippen molar-refractivity contribution in [1.29, 1.82) is 0 Å². The molecule has 1 N–H and O–H groups in total. The normalized spacial score (nSPS) is 16.2. The molecule has 1 aliphatic carbocycles. The number of hydrogen-bond donors (Lipinski definition) is 1. The zero-order chi connectivity index (χ0) is 22.3. The molecule has 1 aromatic heterocycles. The van der Waals surface area contributed by atoms with E-state index in [1.807, 2.05) is 19.1 Å². The van der Waals surface area contributed by atoms with Crippen molar-refractivity contribution in [2.45, 2.75) is 44.7 Å². The summed E-state index contributed by atoms with van der Waals surface area (Å²) in [6.07, 6.45) is -2.65. The molecule has 1 heterocycles. The van der Waals surface area contributed by atoms with Gasteiger partial charge in [0.05, 0.1) is 17.2 Å². The van der Waals surface area contributed by atoms with Crippen LogP contribution < -0.4 is 0 Å². The third-order valence-electron chi connectivity index (χ3n) is 5.89. The molecule has 0 aliphatic heterocycles. The third-order valence-corrected chi connectivity index (χ3v) is 6.25. The minimum absolute atomic E-state index is 0.0463. The zero-order valence-electron chi connectivity index (χ0n) is 16.8. The number of aromatic carboxylic acids is 1. The predicted octanol–water partition coefficient (Wildman–Crippen LogP) is 7.04. The monoisotopic (exact) mass is 447 g/mol. The molecule has 31 heavy (non-hydrogen) atoms. The second-order valence-electron chi connectivity index (χ2n) is 7.77. The van der Waals surface area contributed by atoms with Crippen LogP contribution in [0.5, 0.6) is 0 Å². The largest absolute Gasteiger partial charge is 0.478 e. The summed E-state index contributed by atoms with van der Waals surface area (Å²) in [6, 6.07) is 13.4. The predicted molar refractivity (Wildman–Crippen MR) is 114 cm³/mol. The number of nitrogens with zero attached hydrogens (tertiary/aromatic N) is 1. The summed E-state index contributed by atoms with van der Waals surface area (Å²) in [4.78, 5) is 11.5. The summed E-state index contributed by atoms with van der Waals surface area (Å²) < 4.78 is 43.1. The number of carboxylic acids is 1. The second kappa shape index (κ2) is 8.08. The Hall–Kier alpha value is -2.73. The molecule has 2 aromatic carbocycles. The highest BCUT2D eigenvalue weighted by Gasteiger charge is 2.44. The number of fused-ring (bicyclic) bond motifs is 1. The molecule has 4 rings (SSSR count). The molecule has 0 fully saturated rings. The van der Waals surface area contributed by atoms with Gasteiger partial charge in [-0.15, -0.1) is 0 Å². The van der Waals surface area contributed by atoms with E-state index >= 15 is 0 Å². The fraction of sp³-hybridized carbons (Fsp3) is 0.292. The first-order valence-electron chi connectivity index (χ1n) is 10.1. The van der Waals surface area contributed by atoms with Gasteiger partial charge < -0.3 is 9.67 Å². The van der Waals surface area contributed by atoms with Crippen molar-refractivity contribution in [1.82, 2.24) is 4.57 Å². The van der Waals surface area contributed by atoms with Gasteiger partial charge in [-0.3, -0.25) is 0 Å². The Kier molecular flexibility index (Phi) is 5.60. The molecular formula is C24H21ClF3NO2. The Morgan fingerprint density at radius 1 is 1.19 bits per heavy atom. The summed E-state index contributed by atoms with van der Waals surface area (Å²) in [7, 11) is 0. The van der Waals surface area contributed by atoms with Gasteiger partial charge in [-0.05, 0) is 72.7 Å². The average Bonchev–Trinajstić information content (AvgIpc) is 3.12. The fourth-order valence-electron chi connectivity index (χ4n) is 4.38. The number of aryl methyl sites for hydroxylation is 1. The van der Waals surface area contributed by atoms with E-state index in [0.29, 0.717) is 40.5 Å². The zero-order valence-corrected chi connectivity index (χ0v) is 17.6. The van der Waals surface area contributed by atoms with Gasteiger partial charge in [0.1, 0.15) is 0 Å². The Morgan fingerprint density at radius 3 is 2.61 bits per heavy atom. The molecule has 1 aliphatic rings. The topological polar surface area (TPSA) is 42.2 Å². The van der Waals surface area contributed by atoms with Crippen LogP contribution in [0.2, 0.25) is 5.02 Å². The Morgan fingerprint density at radius 2 is 1.97 bits per heavy atom. The average molecular weight is 448 g/mol. The van der Waals surface area contributed by atoms with Gasteiger partial charge in [-0.1, -0.05) is 36.7 Å². The number of aromatic nitrogens is 1. The number of carboxylic acid groups (broad SMARTS) is 1. The highest BCUT2D eigenvalue weighted by atomic mass is 35.5. The molecule has 0 bridgehead atoms. The quantitative estimate of drug-likeness (QED) is 0.466. The van der Waals surface area contributed by atoms with Crippen molar-refractivity contribution in [2.24, 2.45) is 0 Å². The number of alkyl halides is 3. The molecule has 0 spiro atoms. The van der Waals surface area contributed by atoms with Gasteiger partial charge in [-0.25, -0.2) is 4.79 Å². The maximum absolute atomic E-state index is 13.8. The maximum atomic E-state index is 13.8. The highest BCUT2D eigenvalue weighted by Crippen LogP contribution is 2.46. The number of benzene rings is 2. The van der Waals surface area contributed by atoms with Crippen LogP contribution in [0.3, 0.4) is 0 Å². The highest BCUT2D eigenvalue weighted by molar-refractivity contribution is 6.31. The Bertz CT molecular complexity index is 1150. The van der Waals surface area contributed by atoms with Gasteiger partial charge in [0.2, 0.25) is 0 Å². The lowest BCUT2D eigenvalue weighted by atomic mass is 9.86. The van der Waals surface area contributed by atoms with Gasteiger partial charge in [0.15, 0.2) is 0 Å². The van der Waals surface area contributed by atoms with Crippen LogP contribution >= 0.6 is 11.6 Å². The van der Waals surface area contributed by atoms with Crippen LogP contribution in [0.4, 0.5) is 13.2 Å². The van der Waals surface area contributed by atoms with E-state index in [2.05, 4.69) is 0 Å². The molecule has 0 saturated carbocycles. The molecule has 0 saturated heterocycles. The first-order chi connectivity index (χ1) is 14.7. The first kappa shape index (κ1) is 21.5. The summed E-state index contributed by atoms with van der Waals surface area (Å²) in [5.41, 5.74) is 3.65. The van der Waals surface area contributed by atoms with Crippen molar-refractivity contribution < 1.29 is 23.1 Å². The fourth-order valence-corrected chi connectivity index (χ4v) is 4.69. The van der Waals surface area contributed by atoms with Crippen molar-refractivity contribution in [3.8, 4) is 16.9 Å². The van der Waals surface area contributed by atoms with Crippen molar-refractivity contribution in [3.63, 3.8) is 0 Å². The number of hydrogen-bond acceptors (Lipinski definition) is 1. The third kappa shape index (κ3) is 3.97. The molecule has 3 aromatic rings. The lowest BCUT2D eigenvalue weighted by molar-refractivity contribution is -0.153. The van der Waals surface area contributed by atoms with E-state index in [4.69, 9.17) is 11.6 Å². The van der Waals surface area contributed by atoms with Gasteiger partial charge in [0.25, 0.3) is 0 Å². The summed E-state index contributed by atoms with van der Waals surface area (Å²) in [5, 5.41) is 9.95. The van der Waals surface area contributed by atoms with Gasteiger partial charge in [0, 0.05) is 16.4 Å². The van der Waals surface area contributed by atoms with E-state index in [9.17, 15) is 23.1 Å². The van der Waals surface area contributed by atoms with Crippen LogP contribution in [0.15, 0.2) is 48.5 Å². The number of carbonyl (C=O) groups is 1. The summed E-state index contributed by atoms with van der Waals surface area (Å²) >= 11 is 6.41. The lowest BCUT2D eigenvalue weighted by Crippen LogP contribution is -2.25. The minimum Gasteiger partial charge on any atom is -0.478 e. The molecule has 1 unspecified atom stereocenters. The maximum Gasteiger partial charge on any atom is 0.395 e. The van der Waals surface area contributed by atoms with Crippen molar-refractivity contribution in [3.05, 3.63) is 75.9 Å². The van der Waals surface area contributed by atoms with E-state index < -0.39 is 18.1 Å². The first-order valence-corrected chi connectivity index (χ1v) is 10.5. The summed E-state index contributed by atoms with van der Waals surface area (Å²) in [6.45, 7) is 1.98. The number of halogens is 4. The molecule has 0 radical (unpaired) electrons. The lowest BCUT2D eigenvalue weighted by Gasteiger charge is -2.26. The van der Waals surface area contributed by atoms with E-state index in [0.717, 1.165) is 12.0 Å². The van der Waals surface area contributed by atoms with E-state index in [1.54, 1.807) is 28.8 Å². The van der Waals surface area contributed by atoms with Crippen molar-refractivity contribution >= 4 is 17.6 Å². The standard InChI is InChI=1S/C24H21ClF3NO2/c1-2-14-9-10-15(12-20(14)25)22-13-18-19(24(26,27)28)7-4-8-21(18)29(22)17-6-3-5-16(11-17)23(30)31/h3,5-6,9-13,19H,2,4,7-8H2,1H3,(H,30,31). The van der Waals surface area contributed by atoms with Gasteiger partial charge in [-0.2, -0.15) is 13.2 Å².